The Balaban J connectivity index is 1.30. The molecule has 0 radical (unpaired) electrons. The second kappa shape index (κ2) is 12.4. The van der Waals surface area contributed by atoms with Crippen molar-refractivity contribution in [2.75, 3.05) is 11.4 Å². The summed E-state index contributed by atoms with van der Waals surface area (Å²) in [5, 5.41) is 26.5. The molecule has 59 heavy (non-hydrogen) atoms. The zero-order valence-electron chi connectivity index (χ0n) is 31.8. The average Bonchev–Trinajstić information content (AvgIpc) is 4.14. The van der Waals surface area contributed by atoms with Crippen LogP contribution in [0.25, 0.3) is 88.5 Å². The van der Waals surface area contributed by atoms with Crippen molar-refractivity contribution in [2.24, 2.45) is 0 Å². The van der Waals surface area contributed by atoms with E-state index in [-0.39, 0.29) is 6.17 Å². The van der Waals surface area contributed by atoms with Gasteiger partial charge in [0.15, 0.2) is 5.82 Å². The number of rotatable bonds is 6. The van der Waals surface area contributed by atoms with Gasteiger partial charge in [-0.05, 0) is 64.9 Å². The SMILES string of the molecule is c1c[nH]c(-c2c(-c3cccc4[nH]nnc34)c(-c3cc4ccccc4[nH]3)c(-c3[nH]cc4ccccc34)c3c(N4CCc5ccccc54)nn(C4NCc5ccccc54)c23)c1. The molecule has 10 nitrogen and oxygen atoms in total. The van der Waals surface area contributed by atoms with Crippen LogP contribution in [-0.4, -0.2) is 46.7 Å². The Bertz CT molecular complexity index is 3400. The fourth-order valence-corrected chi connectivity index (χ4v) is 9.92. The highest BCUT2D eigenvalue weighted by Gasteiger charge is 2.37. The van der Waals surface area contributed by atoms with Gasteiger partial charge in [-0.3, -0.25) is 10.4 Å². The van der Waals surface area contributed by atoms with Crippen LogP contribution in [0.1, 0.15) is 22.9 Å². The first-order chi connectivity index (χ1) is 29.3. The second-order valence-electron chi connectivity index (χ2n) is 15.6. The number of nitrogens with one attached hydrogen (secondary N) is 5. The summed E-state index contributed by atoms with van der Waals surface area (Å²) in [4.78, 5) is 13.9. The summed E-state index contributed by atoms with van der Waals surface area (Å²) < 4.78 is 2.27. The van der Waals surface area contributed by atoms with E-state index >= 15 is 0 Å². The van der Waals surface area contributed by atoms with Gasteiger partial charge in [0.25, 0.3) is 0 Å². The van der Waals surface area contributed by atoms with Crippen LogP contribution in [0.15, 0.2) is 146 Å². The number of benzene rings is 6. The Morgan fingerprint density at radius 2 is 1.49 bits per heavy atom. The Hall–Kier alpha value is -7.69. The molecule has 7 heterocycles. The first-order valence-corrected chi connectivity index (χ1v) is 20.2. The van der Waals surface area contributed by atoms with Crippen LogP contribution in [0, 0.1) is 0 Å². The van der Waals surface area contributed by atoms with Crippen molar-refractivity contribution in [3.8, 4) is 44.9 Å². The van der Waals surface area contributed by atoms with E-state index in [1.807, 2.05) is 12.3 Å². The predicted octanol–water partition coefficient (Wildman–Crippen LogP) is 10.6. The first-order valence-electron chi connectivity index (χ1n) is 20.2. The van der Waals surface area contributed by atoms with E-state index in [1.54, 1.807) is 0 Å². The molecule has 0 bridgehead atoms. The molecule has 1 unspecified atom stereocenters. The van der Waals surface area contributed by atoms with Crippen LogP contribution >= 0.6 is 0 Å². The molecule has 0 aliphatic carbocycles. The van der Waals surface area contributed by atoms with Gasteiger partial charge in [0.1, 0.15) is 11.7 Å². The fraction of sp³-hybridized carbons (Fsp3) is 0.0816. The summed E-state index contributed by atoms with van der Waals surface area (Å²) in [6.07, 6.45) is 4.85. The van der Waals surface area contributed by atoms with Gasteiger partial charge >= 0.3 is 0 Å². The van der Waals surface area contributed by atoms with Crippen LogP contribution < -0.4 is 10.2 Å². The molecule has 11 aromatic rings. The van der Waals surface area contributed by atoms with Gasteiger partial charge < -0.3 is 19.9 Å². The zero-order valence-corrected chi connectivity index (χ0v) is 31.8. The highest BCUT2D eigenvalue weighted by Crippen LogP contribution is 2.56. The number of anilines is 2. The summed E-state index contributed by atoms with van der Waals surface area (Å²) in [5.41, 5.74) is 16.9. The molecule has 0 spiro atoms. The minimum Gasteiger partial charge on any atom is -0.361 e. The van der Waals surface area contributed by atoms with E-state index < -0.39 is 0 Å². The number of para-hydroxylation sites is 2. The normalized spacial score (nSPS) is 15.0. The summed E-state index contributed by atoms with van der Waals surface area (Å²) >= 11 is 0. The van der Waals surface area contributed by atoms with Gasteiger partial charge in [-0.1, -0.05) is 102 Å². The van der Waals surface area contributed by atoms with Crippen molar-refractivity contribution in [1.29, 1.82) is 0 Å². The lowest BCUT2D eigenvalue weighted by atomic mass is 9.83. The number of fused-ring (bicyclic) bond motifs is 6. The molecule has 0 saturated carbocycles. The Kier molecular flexibility index (Phi) is 6.81. The zero-order chi connectivity index (χ0) is 38.6. The lowest BCUT2D eigenvalue weighted by Crippen LogP contribution is -2.23. The van der Waals surface area contributed by atoms with Crippen molar-refractivity contribution in [2.45, 2.75) is 19.1 Å². The molecule has 5 aromatic heterocycles. The summed E-state index contributed by atoms with van der Waals surface area (Å²) in [6, 6.07) is 47.5. The molecular formula is C49H36N10. The number of hydrogen-bond donors (Lipinski definition) is 5. The Morgan fingerprint density at radius 3 is 2.41 bits per heavy atom. The van der Waals surface area contributed by atoms with E-state index in [2.05, 4.69) is 174 Å². The average molecular weight is 765 g/mol. The maximum absolute atomic E-state index is 5.84. The molecule has 10 heteroatoms. The van der Waals surface area contributed by atoms with Crippen LogP contribution in [0.3, 0.4) is 0 Å². The topological polar surface area (TPSA) is 122 Å². The number of nitrogens with zero attached hydrogens (tertiary/aromatic N) is 5. The number of aromatic nitrogens is 8. The van der Waals surface area contributed by atoms with E-state index in [9.17, 15) is 0 Å². The molecule has 13 rings (SSSR count). The third kappa shape index (κ3) is 4.69. The van der Waals surface area contributed by atoms with Crippen molar-refractivity contribution < 1.29 is 0 Å². The van der Waals surface area contributed by atoms with Crippen molar-refractivity contribution in [3.63, 3.8) is 0 Å². The molecule has 0 fully saturated rings. The van der Waals surface area contributed by atoms with Gasteiger partial charge in [-0.25, -0.2) is 4.68 Å². The van der Waals surface area contributed by atoms with Crippen molar-refractivity contribution >= 4 is 55.1 Å². The van der Waals surface area contributed by atoms with Crippen LogP contribution in [0.4, 0.5) is 11.5 Å². The van der Waals surface area contributed by atoms with E-state index in [4.69, 9.17) is 10.2 Å². The molecule has 0 amide bonds. The van der Waals surface area contributed by atoms with Gasteiger partial charge in [0.2, 0.25) is 0 Å². The second-order valence-corrected chi connectivity index (χ2v) is 15.6. The molecular weight excluding hydrogens is 729 g/mol. The molecule has 2 aliphatic heterocycles. The molecule has 1 atom stereocenters. The van der Waals surface area contributed by atoms with Crippen LogP contribution in [0.2, 0.25) is 0 Å². The van der Waals surface area contributed by atoms with Gasteiger partial charge in [-0.15, -0.1) is 5.10 Å². The van der Waals surface area contributed by atoms with E-state index in [0.29, 0.717) is 0 Å². The van der Waals surface area contributed by atoms with E-state index in [1.165, 1.54) is 22.4 Å². The summed E-state index contributed by atoms with van der Waals surface area (Å²) in [5.74, 6) is 0.918. The fourth-order valence-electron chi connectivity index (χ4n) is 9.92. The summed E-state index contributed by atoms with van der Waals surface area (Å²) in [7, 11) is 0. The molecule has 6 aromatic carbocycles. The summed E-state index contributed by atoms with van der Waals surface area (Å²) in [6.45, 7) is 1.55. The quantitative estimate of drug-likeness (QED) is 0.115. The Labute approximate surface area is 337 Å². The maximum Gasteiger partial charge on any atom is 0.163 e. The minimum atomic E-state index is -0.225. The molecule has 282 valence electrons. The monoisotopic (exact) mass is 764 g/mol. The first kappa shape index (κ1) is 32.4. The number of hydrogen-bond acceptors (Lipinski definition) is 5. The molecule has 2 aliphatic rings. The predicted molar refractivity (Wildman–Crippen MR) is 236 cm³/mol. The maximum atomic E-state index is 5.84. The van der Waals surface area contributed by atoms with Crippen molar-refractivity contribution in [3.05, 3.63) is 163 Å². The highest BCUT2D eigenvalue weighted by atomic mass is 15.4. The largest absolute Gasteiger partial charge is 0.361 e. The third-order valence-electron chi connectivity index (χ3n) is 12.5. The highest BCUT2D eigenvalue weighted by molar-refractivity contribution is 6.23. The molecule has 5 N–H and O–H groups in total. The van der Waals surface area contributed by atoms with E-state index in [0.717, 1.165) is 114 Å². The standard InChI is InChI=1S/C49H36N10/c1-5-15-32-30(13-1)26-51-46(32)43-41(38-25-29-12-3-7-18-35(29)53-38)40(34-17-9-19-37-45(34)55-57-54-37)42(36-20-10-23-50-36)47-44(43)49(58-24-22-28-11-4-8-21-39(28)58)56-59(47)48-33-16-6-2-14-31(33)27-52-48/h1-21,23,25-26,48,50-53H,22,24,27H2,(H,54,55,57). The third-order valence-corrected chi connectivity index (χ3v) is 12.5. The van der Waals surface area contributed by atoms with Crippen molar-refractivity contribution in [1.82, 2.24) is 45.5 Å². The van der Waals surface area contributed by atoms with Crippen LogP contribution in [0.5, 0.6) is 0 Å². The minimum absolute atomic E-state index is 0.225. The van der Waals surface area contributed by atoms with Crippen LogP contribution in [-0.2, 0) is 13.0 Å². The lowest BCUT2D eigenvalue weighted by molar-refractivity contribution is 0.475. The van der Waals surface area contributed by atoms with Gasteiger partial charge in [0, 0.05) is 86.7 Å². The van der Waals surface area contributed by atoms with Gasteiger partial charge in [-0.2, -0.15) is 5.10 Å². The number of H-pyrrole nitrogens is 4. The Morgan fingerprint density at radius 1 is 0.661 bits per heavy atom. The number of aromatic amines is 4. The lowest BCUT2D eigenvalue weighted by Gasteiger charge is -2.24. The molecule has 0 saturated heterocycles. The van der Waals surface area contributed by atoms with Gasteiger partial charge in [0.05, 0.1) is 22.1 Å². The smallest absolute Gasteiger partial charge is 0.163 e.